The highest BCUT2D eigenvalue weighted by Crippen LogP contribution is 2.42. The van der Waals surface area contributed by atoms with Crippen molar-refractivity contribution in [3.63, 3.8) is 0 Å². The molecule has 1 heterocycles. The van der Waals surface area contributed by atoms with Crippen molar-refractivity contribution in [3.8, 4) is 0 Å². The van der Waals surface area contributed by atoms with Gasteiger partial charge in [0.1, 0.15) is 0 Å². The normalized spacial score (nSPS) is 16.7. The Bertz CT molecular complexity index is 1110. The molecule has 0 spiro atoms. The summed E-state index contributed by atoms with van der Waals surface area (Å²) in [6, 6.07) is 10.2. The van der Waals surface area contributed by atoms with Crippen LogP contribution in [-0.4, -0.2) is 21.4 Å². The number of nitrogens with one attached hydrogen (secondary N) is 1. The number of carbonyl (C=O) groups excluding carboxylic acids is 1. The SMILES string of the molecule is Cc1cc(NS(=O)(=O)c2ccc3c(c2)C(=C2CCCC2)C(=O)N3C)ccc1Br. The molecule has 146 valence electrons. The molecule has 0 saturated heterocycles. The second-order valence-corrected chi connectivity index (χ2v) is 9.83. The molecule has 28 heavy (non-hydrogen) atoms. The Labute approximate surface area is 173 Å². The zero-order chi connectivity index (χ0) is 20.1. The lowest BCUT2D eigenvalue weighted by molar-refractivity contribution is -0.112. The minimum Gasteiger partial charge on any atom is -0.311 e. The standard InChI is InChI=1S/C21H21BrN2O3S/c1-13-11-15(7-9-18(13)22)23-28(26,27)16-8-10-19-17(12-16)20(21(25)24(19)2)14-5-3-4-6-14/h7-12,23H,3-6H2,1-2H3. The van der Waals surface area contributed by atoms with Gasteiger partial charge in [0.15, 0.2) is 0 Å². The molecule has 2 aromatic carbocycles. The highest BCUT2D eigenvalue weighted by Gasteiger charge is 2.34. The van der Waals surface area contributed by atoms with E-state index in [2.05, 4.69) is 20.7 Å². The van der Waals surface area contributed by atoms with Crippen LogP contribution in [0.1, 0.15) is 36.8 Å². The summed E-state index contributed by atoms with van der Waals surface area (Å²) in [7, 11) is -2.03. The maximum Gasteiger partial charge on any atom is 0.261 e. The van der Waals surface area contributed by atoms with E-state index in [-0.39, 0.29) is 10.8 Å². The number of hydrogen-bond donors (Lipinski definition) is 1. The zero-order valence-electron chi connectivity index (χ0n) is 15.8. The molecule has 1 amide bonds. The van der Waals surface area contributed by atoms with Gasteiger partial charge in [-0.05, 0) is 74.6 Å². The van der Waals surface area contributed by atoms with Gasteiger partial charge in [-0.2, -0.15) is 0 Å². The fraction of sp³-hybridized carbons (Fsp3) is 0.286. The van der Waals surface area contributed by atoms with Crippen LogP contribution in [0.3, 0.4) is 0 Å². The summed E-state index contributed by atoms with van der Waals surface area (Å²) in [6.45, 7) is 1.90. The molecule has 1 fully saturated rings. The highest BCUT2D eigenvalue weighted by molar-refractivity contribution is 9.10. The topological polar surface area (TPSA) is 66.5 Å². The van der Waals surface area contributed by atoms with Crippen molar-refractivity contribution >= 4 is 48.8 Å². The summed E-state index contributed by atoms with van der Waals surface area (Å²) >= 11 is 3.42. The fourth-order valence-corrected chi connectivity index (χ4v) is 5.20. The first-order chi connectivity index (χ1) is 13.3. The number of anilines is 2. The monoisotopic (exact) mass is 460 g/mol. The first-order valence-corrected chi connectivity index (χ1v) is 11.5. The summed E-state index contributed by atoms with van der Waals surface area (Å²) in [5.41, 5.74) is 4.75. The molecule has 5 nitrogen and oxygen atoms in total. The van der Waals surface area contributed by atoms with Crippen molar-refractivity contribution in [2.45, 2.75) is 37.5 Å². The molecule has 1 aliphatic carbocycles. The Morgan fingerprint density at radius 2 is 1.79 bits per heavy atom. The maximum absolute atomic E-state index is 13.0. The number of benzene rings is 2. The number of nitrogens with zero attached hydrogens (tertiary/aromatic N) is 1. The van der Waals surface area contributed by atoms with Crippen molar-refractivity contribution in [2.24, 2.45) is 0 Å². The summed E-state index contributed by atoms with van der Waals surface area (Å²) in [5.74, 6) is -0.0436. The van der Waals surface area contributed by atoms with Gasteiger partial charge in [0.05, 0.1) is 10.6 Å². The molecule has 0 radical (unpaired) electrons. The minimum absolute atomic E-state index is 0.0436. The van der Waals surface area contributed by atoms with E-state index in [0.29, 0.717) is 11.3 Å². The second kappa shape index (κ2) is 7.04. The summed E-state index contributed by atoms with van der Waals surface area (Å²) < 4.78 is 29.5. The van der Waals surface area contributed by atoms with Crippen LogP contribution in [0.2, 0.25) is 0 Å². The lowest BCUT2D eigenvalue weighted by Crippen LogP contribution is -2.20. The van der Waals surface area contributed by atoms with Crippen molar-refractivity contribution in [1.29, 1.82) is 0 Å². The van der Waals surface area contributed by atoms with Gasteiger partial charge in [-0.15, -0.1) is 0 Å². The van der Waals surface area contributed by atoms with Gasteiger partial charge in [0.2, 0.25) is 0 Å². The van der Waals surface area contributed by atoms with Gasteiger partial charge < -0.3 is 4.90 Å². The highest BCUT2D eigenvalue weighted by atomic mass is 79.9. The largest absolute Gasteiger partial charge is 0.311 e. The van der Waals surface area contributed by atoms with Crippen molar-refractivity contribution in [2.75, 3.05) is 16.7 Å². The fourth-order valence-electron chi connectivity index (χ4n) is 3.88. The molecule has 2 aliphatic rings. The van der Waals surface area contributed by atoms with Gasteiger partial charge in [-0.25, -0.2) is 8.42 Å². The number of likely N-dealkylation sites (N-methyl/N-ethyl adjacent to an activating group) is 1. The number of hydrogen-bond acceptors (Lipinski definition) is 3. The van der Waals surface area contributed by atoms with Gasteiger partial charge in [0, 0.05) is 28.3 Å². The molecular formula is C21H21BrN2O3S. The van der Waals surface area contributed by atoms with Crippen LogP contribution in [0.25, 0.3) is 5.57 Å². The predicted molar refractivity (Wildman–Crippen MR) is 115 cm³/mol. The Hall–Kier alpha value is -2.12. The lowest BCUT2D eigenvalue weighted by atomic mass is 10.00. The molecule has 0 bridgehead atoms. The summed E-state index contributed by atoms with van der Waals surface area (Å²) in [5, 5.41) is 0. The smallest absolute Gasteiger partial charge is 0.261 e. The number of sulfonamides is 1. The molecule has 2 aromatic rings. The Morgan fingerprint density at radius 1 is 1.07 bits per heavy atom. The van der Waals surface area contributed by atoms with Gasteiger partial charge in [0.25, 0.3) is 15.9 Å². The first kappa shape index (κ1) is 19.2. The van der Waals surface area contributed by atoms with E-state index in [0.717, 1.165) is 52.5 Å². The third kappa shape index (κ3) is 3.26. The number of halogens is 1. The van der Waals surface area contributed by atoms with E-state index in [9.17, 15) is 13.2 Å². The van der Waals surface area contributed by atoms with Crippen LogP contribution in [0, 0.1) is 6.92 Å². The third-order valence-corrected chi connectivity index (χ3v) is 7.67. The second-order valence-electron chi connectivity index (χ2n) is 7.30. The molecule has 7 heteroatoms. The molecule has 1 N–H and O–H groups in total. The molecular weight excluding hydrogens is 440 g/mol. The maximum atomic E-state index is 13.0. The quantitative estimate of drug-likeness (QED) is 0.664. The molecule has 1 aliphatic heterocycles. The van der Waals surface area contributed by atoms with Crippen LogP contribution in [0.5, 0.6) is 0 Å². The van der Waals surface area contributed by atoms with Crippen LogP contribution >= 0.6 is 15.9 Å². The van der Waals surface area contributed by atoms with E-state index in [1.54, 1.807) is 42.3 Å². The van der Waals surface area contributed by atoms with Crippen LogP contribution in [0.15, 0.2) is 51.3 Å². The summed E-state index contributed by atoms with van der Waals surface area (Å²) in [6.07, 6.45) is 3.96. The first-order valence-electron chi connectivity index (χ1n) is 9.21. The molecule has 4 rings (SSSR count). The van der Waals surface area contributed by atoms with E-state index in [1.807, 2.05) is 13.0 Å². The van der Waals surface area contributed by atoms with E-state index < -0.39 is 10.0 Å². The third-order valence-electron chi connectivity index (χ3n) is 5.40. The van der Waals surface area contributed by atoms with Crippen LogP contribution in [0.4, 0.5) is 11.4 Å². The van der Waals surface area contributed by atoms with Crippen molar-refractivity contribution < 1.29 is 13.2 Å². The number of allylic oxidation sites excluding steroid dienone is 1. The van der Waals surface area contributed by atoms with E-state index in [4.69, 9.17) is 0 Å². The predicted octanol–water partition coefficient (Wildman–Crippen LogP) is 4.86. The Morgan fingerprint density at radius 3 is 2.46 bits per heavy atom. The molecule has 0 aromatic heterocycles. The number of amides is 1. The molecule has 1 saturated carbocycles. The average Bonchev–Trinajstić information content (AvgIpc) is 3.25. The minimum atomic E-state index is -3.76. The van der Waals surface area contributed by atoms with Crippen molar-refractivity contribution in [3.05, 3.63) is 57.6 Å². The van der Waals surface area contributed by atoms with Gasteiger partial charge >= 0.3 is 0 Å². The van der Waals surface area contributed by atoms with Gasteiger partial charge in [-0.3, -0.25) is 9.52 Å². The van der Waals surface area contributed by atoms with E-state index in [1.165, 1.54) is 0 Å². The molecule has 0 unspecified atom stereocenters. The Kier molecular flexibility index (Phi) is 4.83. The number of aryl methyl sites for hydroxylation is 1. The lowest BCUT2D eigenvalue weighted by Gasteiger charge is -2.12. The zero-order valence-corrected chi connectivity index (χ0v) is 18.2. The summed E-state index contributed by atoms with van der Waals surface area (Å²) in [4.78, 5) is 14.5. The number of rotatable bonds is 3. The average molecular weight is 461 g/mol. The Balaban J connectivity index is 1.75. The van der Waals surface area contributed by atoms with Crippen molar-refractivity contribution in [1.82, 2.24) is 0 Å². The van der Waals surface area contributed by atoms with Crippen LogP contribution in [-0.2, 0) is 14.8 Å². The van der Waals surface area contributed by atoms with E-state index >= 15 is 0 Å². The number of carbonyl (C=O) groups is 1. The molecule has 0 atom stereocenters. The number of fused-ring (bicyclic) bond motifs is 1. The van der Waals surface area contributed by atoms with Crippen LogP contribution < -0.4 is 9.62 Å². The van der Waals surface area contributed by atoms with Gasteiger partial charge in [-0.1, -0.05) is 21.5 Å².